The first-order valence-corrected chi connectivity index (χ1v) is 10.5. The van der Waals surface area contributed by atoms with Crippen molar-refractivity contribution in [3.63, 3.8) is 0 Å². The fourth-order valence-corrected chi connectivity index (χ4v) is 3.50. The van der Waals surface area contributed by atoms with Crippen LogP contribution in [-0.4, -0.2) is 41.3 Å². The minimum absolute atomic E-state index is 0.165. The SMILES string of the molecule is CC1(C)OB(c2ccc(C[C@H](NC(=O)c3cccc(Br)c3)C(=O)O)cc2)OC1(C)C. The van der Waals surface area contributed by atoms with Gasteiger partial charge in [-0.25, -0.2) is 4.79 Å². The van der Waals surface area contributed by atoms with Gasteiger partial charge in [-0.1, -0.05) is 46.3 Å². The number of carboxylic acid groups (broad SMARTS) is 1. The van der Waals surface area contributed by atoms with Crippen molar-refractivity contribution in [2.75, 3.05) is 0 Å². The summed E-state index contributed by atoms with van der Waals surface area (Å²) in [7, 11) is -0.476. The lowest BCUT2D eigenvalue weighted by Gasteiger charge is -2.32. The predicted molar refractivity (Wildman–Crippen MR) is 119 cm³/mol. The van der Waals surface area contributed by atoms with Gasteiger partial charge in [0.05, 0.1) is 11.2 Å². The molecule has 6 nitrogen and oxygen atoms in total. The van der Waals surface area contributed by atoms with Crippen LogP contribution < -0.4 is 10.8 Å². The van der Waals surface area contributed by atoms with E-state index in [1.165, 1.54) is 0 Å². The molecule has 2 N–H and O–H groups in total. The first-order valence-electron chi connectivity index (χ1n) is 9.72. The number of nitrogens with one attached hydrogen (secondary N) is 1. The molecule has 3 rings (SSSR count). The second-order valence-electron chi connectivity index (χ2n) is 8.41. The summed E-state index contributed by atoms with van der Waals surface area (Å²) in [6.45, 7) is 7.97. The van der Waals surface area contributed by atoms with Crippen molar-refractivity contribution in [3.8, 4) is 0 Å². The molecular formula is C22H25BBrNO5. The molecule has 0 aromatic heterocycles. The van der Waals surface area contributed by atoms with E-state index in [4.69, 9.17) is 9.31 Å². The molecule has 0 unspecified atom stereocenters. The number of hydrogen-bond donors (Lipinski definition) is 2. The quantitative estimate of drug-likeness (QED) is 0.629. The summed E-state index contributed by atoms with van der Waals surface area (Å²) in [5.41, 5.74) is 1.19. The van der Waals surface area contributed by atoms with Crippen LogP contribution in [-0.2, 0) is 20.5 Å². The highest BCUT2D eigenvalue weighted by molar-refractivity contribution is 9.10. The molecule has 1 amide bonds. The summed E-state index contributed by atoms with van der Waals surface area (Å²) in [5, 5.41) is 12.2. The zero-order valence-electron chi connectivity index (χ0n) is 17.4. The second-order valence-corrected chi connectivity index (χ2v) is 9.32. The minimum Gasteiger partial charge on any atom is -0.480 e. The molecule has 0 spiro atoms. The van der Waals surface area contributed by atoms with Crippen LogP contribution >= 0.6 is 15.9 Å². The van der Waals surface area contributed by atoms with E-state index in [2.05, 4.69) is 21.2 Å². The number of hydrogen-bond acceptors (Lipinski definition) is 4. The van der Waals surface area contributed by atoms with Gasteiger partial charge >= 0.3 is 13.1 Å². The van der Waals surface area contributed by atoms with Gasteiger partial charge in [-0.3, -0.25) is 4.79 Å². The number of rotatable bonds is 6. The van der Waals surface area contributed by atoms with Crippen LogP contribution in [0.25, 0.3) is 0 Å². The number of halogens is 1. The third-order valence-corrected chi connectivity index (χ3v) is 6.13. The van der Waals surface area contributed by atoms with E-state index in [1.54, 1.807) is 24.3 Å². The summed E-state index contributed by atoms with van der Waals surface area (Å²) >= 11 is 3.31. The molecule has 0 bridgehead atoms. The Morgan fingerprint density at radius 2 is 1.67 bits per heavy atom. The van der Waals surface area contributed by atoms with Crippen molar-refractivity contribution < 1.29 is 24.0 Å². The Morgan fingerprint density at radius 3 is 2.20 bits per heavy atom. The van der Waals surface area contributed by atoms with E-state index >= 15 is 0 Å². The number of aliphatic carboxylic acids is 1. The van der Waals surface area contributed by atoms with Gasteiger partial charge in [-0.05, 0) is 56.9 Å². The Morgan fingerprint density at radius 1 is 1.07 bits per heavy atom. The third-order valence-electron chi connectivity index (χ3n) is 5.64. The van der Waals surface area contributed by atoms with Crippen molar-refractivity contribution in [1.29, 1.82) is 0 Å². The van der Waals surface area contributed by atoms with Crippen molar-refractivity contribution in [1.82, 2.24) is 5.32 Å². The van der Waals surface area contributed by atoms with E-state index in [-0.39, 0.29) is 6.42 Å². The van der Waals surface area contributed by atoms with Gasteiger partial charge in [0.2, 0.25) is 0 Å². The number of benzene rings is 2. The standard InChI is InChI=1S/C22H25BBrNO5/c1-21(2)22(3,4)30-23(29-21)16-10-8-14(9-11-16)12-18(20(27)28)25-19(26)15-6-5-7-17(24)13-15/h5-11,13,18H,12H2,1-4H3,(H,25,26)(H,27,28)/t18-/m0/s1. The van der Waals surface area contributed by atoms with E-state index in [1.807, 2.05) is 52.0 Å². The summed E-state index contributed by atoms with van der Waals surface area (Å²) in [4.78, 5) is 24.1. The van der Waals surface area contributed by atoms with Gasteiger partial charge in [-0.15, -0.1) is 0 Å². The average molecular weight is 474 g/mol. The molecule has 1 heterocycles. The van der Waals surface area contributed by atoms with Crippen molar-refractivity contribution >= 4 is 40.4 Å². The molecular weight excluding hydrogens is 449 g/mol. The normalized spacial score (nSPS) is 18.1. The first-order chi connectivity index (χ1) is 14.0. The topological polar surface area (TPSA) is 84.9 Å². The molecule has 1 aliphatic heterocycles. The van der Waals surface area contributed by atoms with Crippen molar-refractivity contribution in [3.05, 3.63) is 64.1 Å². The van der Waals surface area contributed by atoms with Crippen molar-refractivity contribution in [2.24, 2.45) is 0 Å². The second kappa shape index (κ2) is 8.53. The lowest BCUT2D eigenvalue weighted by molar-refractivity contribution is -0.139. The van der Waals surface area contributed by atoms with Crippen LogP contribution in [0.4, 0.5) is 0 Å². The number of carboxylic acids is 1. The van der Waals surface area contributed by atoms with Crippen LogP contribution in [0.3, 0.4) is 0 Å². The lowest BCUT2D eigenvalue weighted by atomic mass is 9.78. The Bertz CT molecular complexity index is 929. The molecule has 158 valence electrons. The maximum atomic E-state index is 12.4. The molecule has 8 heteroatoms. The first kappa shape index (κ1) is 22.5. The predicted octanol–water partition coefficient (Wildman–Crippen LogP) is 3.17. The van der Waals surface area contributed by atoms with Crippen LogP contribution in [0.2, 0.25) is 0 Å². The van der Waals surface area contributed by atoms with E-state index in [9.17, 15) is 14.7 Å². The number of carbonyl (C=O) groups excluding carboxylic acids is 1. The molecule has 1 saturated heterocycles. The summed E-state index contributed by atoms with van der Waals surface area (Å²) in [6.07, 6.45) is 0.165. The van der Waals surface area contributed by atoms with Crippen LogP contribution in [0.15, 0.2) is 53.0 Å². The molecule has 2 aromatic carbocycles. The van der Waals surface area contributed by atoms with Crippen LogP contribution in [0.5, 0.6) is 0 Å². The zero-order valence-corrected chi connectivity index (χ0v) is 19.0. The molecule has 0 aliphatic carbocycles. The lowest BCUT2D eigenvalue weighted by Crippen LogP contribution is -2.42. The number of amides is 1. The smallest absolute Gasteiger partial charge is 0.480 e. The summed E-state index contributed by atoms with van der Waals surface area (Å²) < 4.78 is 12.8. The van der Waals surface area contributed by atoms with Gasteiger partial charge in [0.25, 0.3) is 5.91 Å². The highest BCUT2D eigenvalue weighted by Crippen LogP contribution is 2.36. The maximum absolute atomic E-state index is 12.4. The Hall–Kier alpha value is -2.16. The highest BCUT2D eigenvalue weighted by Gasteiger charge is 2.51. The van der Waals surface area contributed by atoms with E-state index < -0.39 is 36.2 Å². The van der Waals surface area contributed by atoms with Crippen LogP contribution in [0, 0.1) is 0 Å². The monoisotopic (exact) mass is 473 g/mol. The van der Waals surface area contributed by atoms with Crippen LogP contribution in [0.1, 0.15) is 43.6 Å². The number of carbonyl (C=O) groups is 2. The molecule has 2 aromatic rings. The highest BCUT2D eigenvalue weighted by atomic mass is 79.9. The Kier molecular flexibility index (Phi) is 6.41. The van der Waals surface area contributed by atoms with Gasteiger partial charge in [0.1, 0.15) is 6.04 Å². The van der Waals surface area contributed by atoms with Crippen molar-refractivity contribution in [2.45, 2.75) is 51.4 Å². The molecule has 0 radical (unpaired) electrons. The molecule has 1 atom stereocenters. The van der Waals surface area contributed by atoms with E-state index in [0.717, 1.165) is 15.5 Å². The van der Waals surface area contributed by atoms with Gasteiger partial charge in [-0.2, -0.15) is 0 Å². The summed E-state index contributed by atoms with van der Waals surface area (Å²) in [6, 6.07) is 13.2. The average Bonchev–Trinajstić information content (AvgIpc) is 2.89. The summed E-state index contributed by atoms with van der Waals surface area (Å²) in [5.74, 6) is -1.52. The molecule has 1 aliphatic rings. The molecule has 1 fully saturated rings. The Balaban J connectivity index is 1.68. The fraction of sp³-hybridized carbons (Fsp3) is 0.364. The van der Waals surface area contributed by atoms with Gasteiger partial charge < -0.3 is 19.7 Å². The Labute approximate surface area is 185 Å². The van der Waals surface area contributed by atoms with E-state index in [0.29, 0.717) is 5.56 Å². The fourth-order valence-electron chi connectivity index (χ4n) is 3.10. The third kappa shape index (κ3) is 4.94. The zero-order chi connectivity index (χ0) is 22.1. The molecule has 0 saturated carbocycles. The van der Waals surface area contributed by atoms with Gasteiger partial charge in [0.15, 0.2) is 0 Å². The molecule has 30 heavy (non-hydrogen) atoms. The minimum atomic E-state index is -1.09. The maximum Gasteiger partial charge on any atom is 0.494 e. The largest absolute Gasteiger partial charge is 0.494 e. The van der Waals surface area contributed by atoms with Gasteiger partial charge in [0, 0.05) is 16.5 Å².